The van der Waals surface area contributed by atoms with E-state index in [-0.39, 0.29) is 5.91 Å². The predicted molar refractivity (Wildman–Crippen MR) is 64.0 cm³/mol. The number of nitrogens with two attached hydrogens (primary N) is 1. The zero-order chi connectivity index (χ0) is 11.4. The Morgan fingerprint density at radius 3 is 2.94 bits per heavy atom. The van der Waals surface area contributed by atoms with E-state index in [2.05, 4.69) is 10.2 Å². The summed E-state index contributed by atoms with van der Waals surface area (Å²) in [7, 11) is 0. The molecular weight excluding hydrogens is 202 g/mol. The third-order valence-corrected chi connectivity index (χ3v) is 3.92. The van der Waals surface area contributed by atoms with Gasteiger partial charge in [0.05, 0.1) is 6.54 Å². The van der Waals surface area contributed by atoms with Crippen LogP contribution in [0.25, 0.3) is 0 Å². The van der Waals surface area contributed by atoms with E-state index in [1.54, 1.807) is 0 Å². The Morgan fingerprint density at radius 1 is 1.31 bits per heavy atom. The number of nitrogens with zero attached hydrogens (tertiary/aromatic N) is 1. The molecule has 1 saturated heterocycles. The number of piperidine rings is 1. The fourth-order valence-corrected chi connectivity index (χ4v) is 3.21. The van der Waals surface area contributed by atoms with Crippen molar-refractivity contribution in [1.29, 1.82) is 0 Å². The summed E-state index contributed by atoms with van der Waals surface area (Å²) in [6.07, 6.45) is 6.62. The number of amides is 1. The van der Waals surface area contributed by atoms with Crippen LogP contribution < -0.4 is 11.1 Å². The lowest BCUT2D eigenvalue weighted by Crippen LogP contribution is -2.48. The number of carbonyl (C=O) groups is 1. The Balaban J connectivity index is 1.81. The monoisotopic (exact) mass is 225 g/mol. The van der Waals surface area contributed by atoms with E-state index in [1.807, 2.05) is 0 Å². The van der Waals surface area contributed by atoms with Gasteiger partial charge in [-0.2, -0.15) is 0 Å². The van der Waals surface area contributed by atoms with Crippen LogP contribution in [-0.2, 0) is 4.79 Å². The van der Waals surface area contributed by atoms with Crippen molar-refractivity contribution < 1.29 is 4.79 Å². The molecule has 4 heteroatoms. The maximum absolute atomic E-state index is 11.7. The normalized spacial score (nSPS) is 30.1. The van der Waals surface area contributed by atoms with Crippen molar-refractivity contribution in [3.63, 3.8) is 0 Å². The molecule has 92 valence electrons. The Kier molecular flexibility index (Phi) is 4.18. The number of rotatable bonds is 4. The SMILES string of the molecule is NCCNC(=O)CN1CCCC2CCCC21. The summed E-state index contributed by atoms with van der Waals surface area (Å²) in [5.41, 5.74) is 5.37. The first-order valence-electron chi connectivity index (χ1n) is 6.52. The van der Waals surface area contributed by atoms with Gasteiger partial charge in [-0.05, 0) is 38.1 Å². The minimum atomic E-state index is 0.137. The van der Waals surface area contributed by atoms with Crippen LogP contribution in [0.15, 0.2) is 0 Å². The standard InChI is InChI=1S/C12H23N3O/c13-6-7-14-12(16)9-15-8-2-4-10-3-1-5-11(10)15/h10-11H,1-9,13H2,(H,14,16). The maximum atomic E-state index is 11.7. The van der Waals surface area contributed by atoms with Crippen molar-refractivity contribution in [3.8, 4) is 0 Å². The molecule has 2 fully saturated rings. The molecule has 3 N–H and O–H groups in total. The first kappa shape index (κ1) is 11.9. The molecule has 0 radical (unpaired) electrons. The number of nitrogens with one attached hydrogen (secondary N) is 1. The fraction of sp³-hybridized carbons (Fsp3) is 0.917. The second-order valence-corrected chi connectivity index (χ2v) is 5.01. The van der Waals surface area contributed by atoms with E-state index in [1.165, 1.54) is 32.1 Å². The van der Waals surface area contributed by atoms with Gasteiger partial charge in [0.2, 0.25) is 5.91 Å². The van der Waals surface area contributed by atoms with Crippen molar-refractivity contribution in [2.75, 3.05) is 26.2 Å². The zero-order valence-corrected chi connectivity index (χ0v) is 9.95. The second kappa shape index (κ2) is 5.64. The van der Waals surface area contributed by atoms with Crippen LogP contribution in [0.2, 0.25) is 0 Å². The maximum Gasteiger partial charge on any atom is 0.234 e. The van der Waals surface area contributed by atoms with Gasteiger partial charge in [0.1, 0.15) is 0 Å². The van der Waals surface area contributed by atoms with Gasteiger partial charge >= 0.3 is 0 Å². The van der Waals surface area contributed by atoms with Crippen LogP contribution >= 0.6 is 0 Å². The highest BCUT2D eigenvalue weighted by molar-refractivity contribution is 5.78. The molecule has 2 aliphatic rings. The van der Waals surface area contributed by atoms with Gasteiger partial charge in [-0.15, -0.1) is 0 Å². The Hall–Kier alpha value is -0.610. The highest BCUT2D eigenvalue weighted by atomic mass is 16.2. The number of hydrogen-bond donors (Lipinski definition) is 2. The van der Waals surface area contributed by atoms with Crippen LogP contribution in [0, 0.1) is 5.92 Å². The average Bonchev–Trinajstić information content (AvgIpc) is 2.75. The van der Waals surface area contributed by atoms with Crippen molar-refractivity contribution in [3.05, 3.63) is 0 Å². The number of likely N-dealkylation sites (tertiary alicyclic amines) is 1. The molecule has 2 rings (SSSR count). The van der Waals surface area contributed by atoms with Gasteiger partial charge in [-0.3, -0.25) is 9.69 Å². The fourth-order valence-electron chi connectivity index (χ4n) is 3.21. The molecular formula is C12H23N3O. The van der Waals surface area contributed by atoms with Gasteiger partial charge < -0.3 is 11.1 Å². The summed E-state index contributed by atoms with van der Waals surface area (Å²) in [5, 5.41) is 2.85. The summed E-state index contributed by atoms with van der Waals surface area (Å²) < 4.78 is 0. The lowest BCUT2D eigenvalue weighted by molar-refractivity contribution is -0.123. The third-order valence-electron chi connectivity index (χ3n) is 3.92. The first-order valence-corrected chi connectivity index (χ1v) is 6.52. The second-order valence-electron chi connectivity index (χ2n) is 5.01. The van der Waals surface area contributed by atoms with Gasteiger partial charge in [0.15, 0.2) is 0 Å². The molecule has 0 aromatic carbocycles. The summed E-state index contributed by atoms with van der Waals surface area (Å²) >= 11 is 0. The molecule has 4 nitrogen and oxygen atoms in total. The summed E-state index contributed by atoms with van der Waals surface area (Å²) in [4.78, 5) is 14.0. The molecule has 2 atom stereocenters. The Labute approximate surface area is 97.6 Å². The van der Waals surface area contributed by atoms with Gasteiger partial charge in [0.25, 0.3) is 0 Å². The Bertz CT molecular complexity index is 244. The van der Waals surface area contributed by atoms with Crippen LogP contribution in [0.3, 0.4) is 0 Å². The van der Waals surface area contributed by atoms with Crippen molar-refractivity contribution in [2.24, 2.45) is 11.7 Å². The van der Waals surface area contributed by atoms with Crippen molar-refractivity contribution in [2.45, 2.75) is 38.1 Å². The summed E-state index contributed by atoms with van der Waals surface area (Å²) in [6.45, 7) is 2.79. The molecule has 0 aromatic rings. The lowest BCUT2D eigenvalue weighted by atomic mass is 9.92. The van der Waals surface area contributed by atoms with Gasteiger partial charge in [-0.25, -0.2) is 0 Å². The predicted octanol–water partition coefficient (Wildman–Crippen LogP) is 0.326. The molecule has 1 amide bonds. The molecule has 1 aliphatic carbocycles. The summed E-state index contributed by atoms with van der Waals surface area (Å²) in [6, 6.07) is 0.678. The molecule has 1 aliphatic heterocycles. The van der Waals surface area contributed by atoms with Crippen molar-refractivity contribution >= 4 is 5.91 Å². The molecule has 0 bridgehead atoms. The average molecular weight is 225 g/mol. The third kappa shape index (κ3) is 2.74. The van der Waals surface area contributed by atoms with Gasteiger partial charge in [-0.1, -0.05) is 6.42 Å². The van der Waals surface area contributed by atoms with E-state index in [0.29, 0.717) is 25.7 Å². The van der Waals surface area contributed by atoms with Crippen LogP contribution in [0.5, 0.6) is 0 Å². The zero-order valence-electron chi connectivity index (χ0n) is 9.95. The Morgan fingerprint density at radius 2 is 2.12 bits per heavy atom. The van der Waals surface area contributed by atoms with E-state index >= 15 is 0 Å². The van der Waals surface area contributed by atoms with E-state index in [0.717, 1.165) is 12.5 Å². The summed E-state index contributed by atoms with van der Waals surface area (Å²) in [5.74, 6) is 0.994. The van der Waals surface area contributed by atoms with Crippen LogP contribution in [0.4, 0.5) is 0 Å². The lowest BCUT2D eigenvalue weighted by Gasteiger charge is -2.37. The highest BCUT2D eigenvalue weighted by Crippen LogP contribution is 2.36. The topological polar surface area (TPSA) is 58.4 Å². The minimum absolute atomic E-state index is 0.137. The van der Waals surface area contributed by atoms with Crippen molar-refractivity contribution in [1.82, 2.24) is 10.2 Å². The largest absolute Gasteiger partial charge is 0.354 e. The number of fused-ring (bicyclic) bond motifs is 1. The number of carbonyl (C=O) groups excluding carboxylic acids is 1. The van der Waals surface area contributed by atoms with Crippen LogP contribution in [-0.4, -0.2) is 43.0 Å². The van der Waals surface area contributed by atoms with Crippen LogP contribution in [0.1, 0.15) is 32.1 Å². The van der Waals surface area contributed by atoms with E-state index < -0.39 is 0 Å². The molecule has 2 unspecified atom stereocenters. The van der Waals surface area contributed by atoms with E-state index in [4.69, 9.17) is 5.73 Å². The molecule has 0 aromatic heterocycles. The molecule has 16 heavy (non-hydrogen) atoms. The van der Waals surface area contributed by atoms with E-state index in [9.17, 15) is 4.79 Å². The quantitative estimate of drug-likeness (QED) is 0.725. The molecule has 0 spiro atoms. The number of hydrogen-bond acceptors (Lipinski definition) is 3. The molecule has 1 saturated carbocycles. The first-order chi connectivity index (χ1) is 7.81. The molecule has 1 heterocycles. The smallest absolute Gasteiger partial charge is 0.234 e. The highest BCUT2D eigenvalue weighted by Gasteiger charge is 2.35. The minimum Gasteiger partial charge on any atom is -0.354 e. The van der Waals surface area contributed by atoms with Gasteiger partial charge in [0, 0.05) is 19.1 Å².